The molecule has 6 heteroatoms. The molecule has 0 saturated carbocycles. The number of esters is 1. The van der Waals surface area contributed by atoms with Gasteiger partial charge in [0.15, 0.2) is 0 Å². The SMILES string of the molecule is COC(=O)c1cc(N)c(NC2CC3CCC(C2)N3Cc2ccccc2)cc1F. The molecule has 2 aromatic rings. The number of fused-ring (bicyclic) bond motifs is 2. The minimum absolute atomic E-state index is 0.136. The highest BCUT2D eigenvalue weighted by Gasteiger charge is 2.40. The fraction of sp³-hybridized carbons (Fsp3) is 0.409. The summed E-state index contributed by atoms with van der Waals surface area (Å²) >= 11 is 0. The minimum atomic E-state index is -0.719. The van der Waals surface area contributed by atoms with Crippen LogP contribution in [0, 0.1) is 5.82 Å². The summed E-state index contributed by atoms with van der Waals surface area (Å²) in [5.74, 6) is -1.34. The lowest BCUT2D eigenvalue weighted by atomic mass is 9.96. The molecule has 5 nitrogen and oxygen atoms in total. The molecule has 2 unspecified atom stereocenters. The van der Waals surface area contributed by atoms with Crippen molar-refractivity contribution < 1.29 is 13.9 Å². The van der Waals surface area contributed by atoms with Crippen LogP contribution < -0.4 is 11.1 Å². The second kappa shape index (κ2) is 7.80. The number of nitrogen functional groups attached to an aromatic ring is 1. The third-order valence-electron chi connectivity index (χ3n) is 6.00. The molecule has 0 radical (unpaired) electrons. The van der Waals surface area contributed by atoms with E-state index in [2.05, 4.69) is 39.2 Å². The van der Waals surface area contributed by atoms with Crippen LogP contribution in [0.3, 0.4) is 0 Å². The number of hydrogen-bond donors (Lipinski definition) is 2. The maximum atomic E-state index is 14.3. The lowest BCUT2D eigenvalue weighted by molar-refractivity contribution is 0.0595. The Morgan fingerprint density at radius 2 is 1.89 bits per heavy atom. The monoisotopic (exact) mass is 383 g/mol. The van der Waals surface area contributed by atoms with Crippen molar-refractivity contribution >= 4 is 17.3 Å². The molecule has 2 atom stereocenters. The van der Waals surface area contributed by atoms with Crippen molar-refractivity contribution in [2.75, 3.05) is 18.2 Å². The van der Waals surface area contributed by atoms with Crippen LogP contribution in [0.4, 0.5) is 15.8 Å². The van der Waals surface area contributed by atoms with E-state index in [9.17, 15) is 9.18 Å². The van der Waals surface area contributed by atoms with Gasteiger partial charge in [-0.25, -0.2) is 9.18 Å². The Morgan fingerprint density at radius 1 is 1.21 bits per heavy atom. The van der Waals surface area contributed by atoms with Crippen LogP contribution in [-0.2, 0) is 11.3 Å². The Labute approximate surface area is 164 Å². The fourth-order valence-corrected chi connectivity index (χ4v) is 4.65. The second-order valence-corrected chi connectivity index (χ2v) is 7.77. The van der Waals surface area contributed by atoms with Crippen molar-refractivity contribution in [2.24, 2.45) is 0 Å². The van der Waals surface area contributed by atoms with Gasteiger partial charge in [-0.3, -0.25) is 4.90 Å². The molecule has 28 heavy (non-hydrogen) atoms. The number of halogens is 1. The molecule has 2 saturated heterocycles. The van der Waals surface area contributed by atoms with Crippen molar-refractivity contribution in [2.45, 2.75) is 50.4 Å². The maximum Gasteiger partial charge on any atom is 0.340 e. The lowest BCUT2D eigenvalue weighted by Gasteiger charge is -2.39. The molecule has 2 heterocycles. The van der Waals surface area contributed by atoms with Gasteiger partial charge in [-0.2, -0.15) is 0 Å². The van der Waals surface area contributed by atoms with Crippen molar-refractivity contribution in [3.8, 4) is 0 Å². The number of rotatable bonds is 5. The lowest BCUT2D eigenvalue weighted by Crippen LogP contribution is -2.46. The molecular formula is C22H26FN3O2. The van der Waals surface area contributed by atoms with Gasteiger partial charge in [0, 0.05) is 24.7 Å². The number of hydrogen-bond acceptors (Lipinski definition) is 5. The average Bonchev–Trinajstić information content (AvgIpc) is 2.93. The van der Waals surface area contributed by atoms with Crippen LogP contribution >= 0.6 is 0 Å². The Balaban J connectivity index is 1.44. The zero-order chi connectivity index (χ0) is 19.7. The highest BCUT2D eigenvalue weighted by atomic mass is 19.1. The van der Waals surface area contributed by atoms with E-state index in [-0.39, 0.29) is 11.6 Å². The number of carbonyl (C=O) groups excluding carboxylic acids is 1. The van der Waals surface area contributed by atoms with E-state index in [1.54, 1.807) is 0 Å². The van der Waals surface area contributed by atoms with Gasteiger partial charge in [0.25, 0.3) is 0 Å². The quantitative estimate of drug-likeness (QED) is 0.607. The van der Waals surface area contributed by atoms with Gasteiger partial charge in [0.05, 0.1) is 24.0 Å². The van der Waals surface area contributed by atoms with Gasteiger partial charge in [-0.05, 0) is 43.4 Å². The van der Waals surface area contributed by atoms with Gasteiger partial charge in [0.2, 0.25) is 0 Å². The second-order valence-electron chi connectivity index (χ2n) is 7.77. The zero-order valence-electron chi connectivity index (χ0n) is 16.0. The van der Waals surface area contributed by atoms with Gasteiger partial charge in [-0.15, -0.1) is 0 Å². The number of nitrogens with two attached hydrogens (primary N) is 1. The molecule has 3 N–H and O–H groups in total. The number of ether oxygens (including phenoxy) is 1. The largest absolute Gasteiger partial charge is 0.465 e. The van der Waals surface area contributed by atoms with Gasteiger partial charge >= 0.3 is 5.97 Å². The Morgan fingerprint density at radius 3 is 2.54 bits per heavy atom. The smallest absolute Gasteiger partial charge is 0.340 e. The molecule has 2 aromatic carbocycles. The van der Waals surface area contributed by atoms with Crippen LogP contribution in [0.5, 0.6) is 0 Å². The van der Waals surface area contributed by atoms with E-state index in [0.29, 0.717) is 23.5 Å². The Kier molecular flexibility index (Phi) is 5.22. The summed E-state index contributed by atoms with van der Waals surface area (Å²) in [6.07, 6.45) is 4.40. The maximum absolute atomic E-state index is 14.3. The predicted molar refractivity (Wildman–Crippen MR) is 108 cm³/mol. The van der Waals surface area contributed by atoms with E-state index in [1.165, 1.54) is 37.6 Å². The number of nitrogens with one attached hydrogen (secondary N) is 1. The first-order valence-electron chi connectivity index (χ1n) is 9.78. The van der Waals surface area contributed by atoms with E-state index in [1.807, 2.05) is 6.07 Å². The third kappa shape index (κ3) is 3.69. The summed E-state index contributed by atoms with van der Waals surface area (Å²) in [4.78, 5) is 14.2. The van der Waals surface area contributed by atoms with Gasteiger partial charge < -0.3 is 15.8 Å². The molecule has 0 aromatic heterocycles. The van der Waals surface area contributed by atoms with E-state index in [0.717, 1.165) is 19.4 Å². The Hall–Kier alpha value is -2.60. The van der Waals surface area contributed by atoms with Crippen LogP contribution in [-0.4, -0.2) is 36.1 Å². The summed E-state index contributed by atoms with van der Waals surface area (Å²) in [5, 5.41) is 3.42. The standard InChI is InChI=1S/C22H26FN3O2/c1-28-22(27)18-11-20(24)21(12-19(18)23)25-15-9-16-7-8-17(10-15)26(16)13-14-5-3-2-4-6-14/h2-6,11-12,15-17,25H,7-10,13,24H2,1H3. The number of nitrogens with zero attached hydrogens (tertiary/aromatic N) is 1. The van der Waals surface area contributed by atoms with Crippen molar-refractivity contribution in [3.05, 3.63) is 59.4 Å². The first kappa shape index (κ1) is 18.7. The summed E-state index contributed by atoms with van der Waals surface area (Å²) in [5.41, 5.74) is 8.18. The number of methoxy groups -OCH3 is 1. The highest BCUT2D eigenvalue weighted by Crippen LogP contribution is 2.38. The molecule has 0 amide bonds. The zero-order valence-corrected chi connectivity index (χ0v) is 16.0. The van der Waals surface area contributed by atoms with Crippen LogP contribution in [0.2, 0.25) is 0 Å². The van der Waals surface area contributed by atoms with Gasteiger partial charge in [0.1, 0.15) is 5.82 Å². The molecule has 2 bridgehead atoms. The molecule has 4 rings (SSSR count). The summed E-state index contributed by atoms with van der Waals surface area (Å²) < 4.78 is 18.9. The Bertz CT molecular complexity index is 844. The average molecular weight is 383 g/mol. The third-order valence-corrected chi connectivity index (χ3v) is 6.00. The molecule has 148 valence electrons. The molecular weight excluding hydrogens is 357 g/mol. The van der Waals surface area contributed by atoms with Crippen LogP contribution in [0.15, 0.2) is 42.5 Å². The number of anilines is 2. The van der Waals surface area contributed by atoms with Gasteiger partial charge in [-0.1, -0.05) is 30.3 Å². The molecule has 2 aliphatic heterocycles. The first-order valence-corrected chi connectivity index (χ1v) is 9.78. The molecule has 0 aliphatic carbocycles. The molecule has 0 spiro atoms. The van der Waals surface area contributed by atoms with Crippen molar-refractivity contribution in [3.63, 3.8) is 0 Å². The van der Waals surface area contributed by atoms with Crippen LogP contribution in [0.1, 0.15) is 41.6 Å². The van der Waals surface area contributed by atoms with Crippen molar-refractivity contribution in [1.82, 2.24) is 4.90 Å². The highest BCUT2D eigenvalue weighted by molar-refractivity contribution is 5.92. The van der Waals surface area contributed by atoms with Crippen molar-refractivity contribution in [1.29, 1.82) is 0 Å². The minimum Gasteiger partial charge on any atom is -0.465 e. The normalized spacial score (nSPS) is 24.1. The summed E-state index contributed by atoms with van der Waals surface area (Å²) in [6, 6.07) is 14.5. The summed E-state index contributed by atoms with van der Waals surface area (Å²) in [7, 11) is 1.23. The molecule has 2 aliphatic rings. The van der Waals surface area contributed by atoms with Crippen LogP contribution in [0.25, 0.3) is 0 Å². The predicted octanol–water partition coefficient (Wildman–Crippen LogP) is 3.80. The van der Waals surface area contributed by atoms with E-state index >= 15 is 0 Å². The van der Waals surface area contributed by atoms with E-state index < -0.39 is 11.8 Å². The summed E-state index contributed by atoms with van der Waals surface area (Å²) in [6.45, 7) is 0.980. The first-order chi connectivity index (χ1) is 13.5. The number of benzene rings is 2. The topological polar surface area (TPSA) is 67.6 Å². The number of piperidine rings is 1. The van der Waals surface area contributed by atoms with E-state index in [4.69, 9.17) is 5.73 Å². The molecule has 2 fully saturated rings. The fourth-order valence-electron chi connectivity index (χ4n) is 4.65. The number of carbonyl (C=O) groups is 1.